The Kier molecular flexibility index (Phi) is 5.47. The van der Waals surface area contributed by atoms with Crippen molar-refractivity contribution < 1.29 is 4.39 Å². The zero-order valence-electron chi connectivity index (χ0n) is 10.1. The lowest BCUT2D eigenvalue weighted by Crippen LogP contribution is -2.30. The molecule has 1 aromatic carbocycles. The van der Waals surface area contributed by atoms with Gasteiger partial charge in [0.25, 0.3) is 0 Å². The number of terminal acetylenes is 1. The lowest BCUT2D eigenvalue weighted by molar-refractivity contribution is 0.449. The summed E-state index contributed by atoms with van der Waals surface area (Å²) in [5.41, 5.74) is 0.892. The number of benzene rings is 1. The average Bonchev–Trinajstić information content (AvgIpc) is 2.28. The molecule has 0 saturated heterocycles. The molecule has 1 aromatic rings. The first-order chi connectivity index (χ1) is 8.08. The largest absolute Gasteiger partial charge is 0.306 e. The molecule has 0 aromatic heterocycles. The molecule has 1 rings (SSSR count). The molecule has 0 amide bonds. The second-order valence-electron chi connectivity index (χ2n) is 4.07. The van der Waals surface area contributed by atoms with Crippen LogP contribution in [0.25, 0.3) is 0 Å². The minimum Gasteiger partial charge on any atom is -0.306 e. The van der Waals surface area contributed by atoms with Crippen LogP contribution in [-0.2, 0) is 0 Å². The molecule has 92 valence electrons. The summed E-state index contributed by atoms with van der Waals surface area (Å²) >= 11 is 6.01. The molecule has 0 aliphatic rings. The number of hydrogen-bond acceptors (Lipinski definition) is 1. The molecule has 0 bridgehead atoms. The first kappa shape index (κ1) is 14.0. The molecule has 0 saturated carbocycles. The van der Waals surface area contributed by atoms with Gasteiger partial charge in [0.1, 0.15) is 5.82 Å². The average molecular weight is 254 g/mol. The van der Waals surface area contributed by atoms with Gasteiger partial charge in [-0.25, -0.2) is 4.39 Å². The molecule has 0 heterocycles. The van der Waals surface area contributed by atoms with Crippen molar-refractivity contribution in [2.45, 2.75) is 38.8 Å². The van der Waals surface area contributed by atoms with Gasteiger partial charge in [0, 0.05) is 23.5 Å². The molecular formula is C14H17ClFN. The van der Waals surface area contributed by atoms with Crippen molar-refractivity contribution in [1.29, 1.82) is 0 Å². The Labute approximate surface area is 107 Å². The van der Waals surface area contributed by atoms with E-state index in [2.05, 4.69) is 18.2 Å². The molecular weight excluding hydrogens is 237 g/mol. The Morgan fingerprint density at radius 1 is 1.53 bits per heavy atom. The van der Waals surface area contributed by atoms with Crippen LogP contribution in [0.3, 0.4) is 0 Å². The van der Waals surface area contributed by atoms with Gasteiger partial charge >= 0.3 is 0 Å². The highest BCUT2D eigenvalue weighted by molar-refractivity contribution is 6.31. The molecule has 0 fully saturated rings. The Bertz CT molecular complexity index is 411. The quantitative estimate of drug-likeness (QED) is 0.784. The van der Waals surface area contributed by atoms with Crippen molar-refractivity contribution in [3.05, 3.63) is 34.6 Å². The number of hydrogen-bond donors (Lipinski definition) is 1. The van der Waals surface area contributed by atoms with Gasteiger partial charge in [-0.05, 0) is 31.0 Å². The fourth-order valence-electron chi connectivity index (χ4n) is 1.76. The van der Waals surface area contributed by atoms with E-state index in [1.807, 2.05) is 6.92 Å². The summed E-state index contributed by atoms with van der Waals surface area (Å²) in [6.07, 6.45) is 6.94. The van der Waals surface area contributed by atoms with Gasteiger partial charge in [-0.1, -0.05) is 24.6 Å². The SMILES string of the molecule is C#CCC(CC)NC(C)c1ccc(F)cc1Cl. The number of rotatable bonds is 5. The van der Waals surface area contributed by atoms with Crippen LogP contribution in [0.15, 0.2) is 18.2 Å². The van der Waals surface area contributed by atoms with Crippen LogP contribution >= 0.6 is 11.6 Å². The van der Waals surface area contributed by atoms with Gasteiger partial charge in [-0.15, -0.1) is 12.3 Å². The standard InChI is InChI=1S/C14H17ClFN/c1-4-6-12(5-2)17-10(3)13-8-7-11(16)9-14(13)15/h1,7-10,12,17H,5-6H2,2-3H3. The summed E-state index contributed by atoms with van der Waals surface area (Å²) in [6, 6.07) is 4.77. The lowest BCUT2D eigenvalue weighted by Gasteiger charge is -2.21. The molecule has 0 aliphatic heterocycles. The van der Waals surface area contributed by atoms with Crippen LogP contribution in [0.5, 0.6) is 0 Å². The van der Waals surface area contributed by atoms with Crippen molar-refractivity contribution in [3.63, 3.8) is 0 Å². The van der Waals surface area contributed by atoms with E-state index in [1.165, 1.54) is 12.1 Å². The van der Waals surface area contributed by atoms with Gasteiger partial charge in [-0.2, -0.15) is 0 Å². The van der Waals surface area contributed by atoms with E-state index in [9.17, 15) is 4.39 Å². The fourth-order valence-corrected chi connectivity index (χ4v) is 2.09. The smallest absolute Gasteiger partial charge is 0.124 e. The van der Waals surface area contributed by atoms with E-state index in [0.717, 1.165) is 12.0 Å². The third-order valence-electron chi connectivity index (χ3n) is 2.77. The first-order valence-electron chi connectivity index (χ1n) is 5.73. The maximum Gasteiger partial charge on any atom is 0.124 e. The predicted molar refractivity (Wildman–Crippen MR) is 70.5 cm³/mol. The molecule has 0 radical (unpaired) electrons. The minimum absolute atomic E-state index is 0.0569. The second kappa shape index (κ2) is 6.64. The monoisotopic (exact) mass is 253 g/mol. The molecule has 1 N–H and O–H groups in total. The minimum atomic E-state index is -0.318. The van der Waals surface area contributed by atoms with Crippen LogP contribution in [0.4, 0.5) is 4.39 Å². The van der Waals surface area contributed by atoms with E-state index >= 15 is 0 Å². The summed E-state index contributed by atoms with van der Waals surface area (Å²) in [4.78, 5) is 0. The van der Waals surface area contributed by atoms with E-state index < -0.39 is 0 Å². The maximum absolute atomic E-state index is 12.9. The summed E-state index contributed by atoms with van der Waals surface area (Å²) in [6.45, 7) is 4.08. The van der Waals surface area contributed by atoms with Gasteiger partial charge in [-0.3, -0.25) is 0 Å². The number of nitrogens with one attached hydrogen (secondary N) is 1. The zero-order chi connectivity index (χ0) is 12.8. The Morgan fingerprint density at radius 2 is 2.24 bits per heavy atom. The van der Waals surface area contributed by atoms with E-state index in [4.69, 9.17) is 18.0 Å². The normalized spacial score (nSPS) is 14.1. The molecule has 2 unspecified atom stereocenters. The third kappa shape index (κ3) is 4.03. The van der Waals surface area contributed by atoms with Crippen molar-refractivity contribution in [1.82, 2.24) is 5.32 Å². The molecule has 0 spiro atoms. The molecule has 3 heteroatoms. The topological polar surface area (TPSA) is 12.0 Å². The summed E-state index contributed by atoms with van der Waals surface area (Å²) < 4.78 is 12.9. The van der Waals surface area contributed by atoms with Crippen molar-refractivity contribution in [2.24, 2.45) is 0 Å². The highest BCUT2D eigenvalue weighted by Crippen LogP contribution is 2.24. The van der Waals surface area contributed by atoms with Crippen molar-refractivity contribution >= 4 is 11.6 Å². The van der Waals surface area contributed by atoms with Crippen LogP contribution in [0, 0.1) is 18.2 Å². The van der Waals surface area contributed by atoms with Gasteiger partial charge in [0.15, 0.2) is 0 Å². The Morgan fingerprint density at radius 3 is 2.76 bits per heavy atom. The van der Waals surface area contributed by atoms with E-state index in [0.29, 0.717) is 11.4 Å². The predicted octanol–water partition coefficient (Wildman–Crippen LogP) is 3.93. The van der Waals surface area contributed by atoms with E-state index in [-0.39, 0.29) is 17.9 Å². The maximum atomic E-state index is 12.9. The van der Waals surface area contributed by atoms with E-state index in [1.54, 1.807) is 6.07 Å². The third-order valence-corrected chi connectivity index (χ3v) is 3.10. The lowest BCUT2D eigenvalue weighted by atomic mass is 10.1. The summed E-state index contributed by atoms with van der Waals surface area (Å²) in [5.74, 6) is 2.33. The molecule has 17 heavy (non-hydrogen) atoms. The highest BCUT2D eigenvalue weighted by Gasteiger charge is 2.13. The number of halogens is 2. The first-order valence-corrected chi connectivity index (χ1v) is 6.10. The van der Waals surface area contributed by atoms with Crippen molar-refractivity contribution in [3.8, 4) is 12.3 Å². The Hall–Kier alpha value is -1.04. The second-order valence-corrected chi connectivity index (χ2v) is 4.47. The van der Waals surface area contributed by atoms with Gasteiger partial charge in [0.2, 0.25) is 0 Å². The molecule has 0 aliphatic carbocycles. The molecule has 2 atom stereocenters. The fraction of sp³-hybridized carbons (Fsp3) is 0.429. The van der Waals surface area contributed by atoms with Crippen LogP contribution in [-0.4, -0.2) is 6.04 Å². The molecule has 1 nitrogen and oxygen atoms in total. The van der Waals surface area contributed by atoms with Crippen LogP contribution < -0.4 is 5.32 Å². The highest BCUT2D eigenvalue weighted by atomic mass is 35.5. The summed E-state index contributed by atoms with van der Waals surface area (Å²) in [7, 11) is 0. The zero-order valence-corrected chi connectivity index (χ0v) is 10.9. The summed E-state index contributed by atoms with van der Waals surface area (Å²) in [5, 5.41) is 3.84. The van der Waals surface area contributed by atoms with Crippen LogP contribution in [0.2, 0.25) is 5.02 Å². The van der Waals surface area contributed by atoms with Gasteiger partial charge in [0.05, 0.1) is 0 Å². The van der Waals surface area contributed by atoms with Crippen molar-refractivity contribution in [2.75, 3.05) is 0 Å². The van der Waals surface area contributed by atoms with Crippen LogP contribution in [0.1, 0.15) is 38.3 Å². The van der Waals surface area contributed by atoms with Gasteiger partial charge < -0.3 is 5.32 Å². The Balaban J connectivity index is 2.75.